The quantitative estimate of drug-likeness (QED) is 0.413. The van der Waals surface area contributed by atoms with Crippen molar-refractivity contribution in [3.05, 3.63) is 77.3 Å². The summed E-state index contributed by atoms with van der Waals surface area (Å²) in [5, 5.41) is 1.96. The van der Waals surface area contributed by atoms with Crippen LogP contribution in [0.4, 0.5) is 0 Å². The summed E-state index contributed by atoms with van der Waals surface area (Å²) < 4.78 is 0. The first kappa shape index (κ1) is 13.8. The van der Waals surface area contributed by atoms with Gasteiger partial charge in [0.25, 0.3) is 0 Å². The molecule has 110 valence electrons. The molecule has 4 rings (SSSR count). The van der Waals surface area contributed by atoms with Gasteiger partial charge in [0.15, 0.2) is 0 Å². The molecule has 2 heterocycles. The van der Waals surface area contributed by atoms with Gasteiger partial charge in [0.1, 0.15) is 10.8 Å². The number of aromatic nitrogens is 3. The molecule has 0 fully saturated rings. The van der Waals surface area contributed by atoms with E-state index in [1.165, 1.54) is 0 Å². The lowest BCUT2D eigenvalue weighted by Crippen LogP contribution is -2.09. The molecule has 0 radical (unpaired) electrons. The molecule has 2 aromatic carbocycles. The van der Waals surface area contributed by atoms with Crippen LogP contribution in [0.2, 0.25) is 5.15 Å². The molecule has 23 heavy (non-hydrogen) atoms. The predicted octanol–water partition coefficient (Wildman–Crippen LogP) is 4.06. The van der Waals surface area contributed by atoms with Crippen molar-refractivity contribution >= 4 is 39.2 Å². The molecule has 0 bridgehead atoms. The van der Waals surface area contributed by atoms with Crippen LogP contribution in [0.3, 0.4) is 0 Å². The highest BCUT2D eigenvalue weighted by Crippen LogP contribution is 2.21. The Bertz CT molecular complexity index is 1060. The van der Waals surface area contributed by atoms with Gasteiger partial charge in [0.05, 0.1) is 11.0 Å². The number of benzene rings is 2. The Morgan fingerprint density at radius 3 is 2.39 bits per heavy atom. The van der Waals surface area contributed by atoms with E-state index in [0.29, 0.717) is 11.2 Å². The van der Waals surface area contributed by atoms with Gasteiger partial charge in [-0.1, -0.05) is 48.0 Å². The molecule has 0 unspecified atom stereocenters. The van der Waals surface area contributed by atoms with Crippen molar-refractivity contribution < 1.29 is 4.79 Å². The number of halogens is 1. The summed E-state index contributed by atoms with van der Waals surface area (Å²) in [5.74, 6) is -0.292. The van der Waals surface area contributed by atoms with Crippen LogP contribution in [0.1, 0.15) is 16.3 Å². The number of hydrogen-bond acceptors (Lipinski definition) is 4. The van der Waals surface area contributed by atoms with Gasteiger partial charge in [-0.3, -0.25) is 4.79 Å². The molecule has 2 aromatic heterocycles. The second-order valence-corrected chi connectivity index (χ2v) is 5.43. The maximum atomic E-state index is 12.6. The average Bonchev–Trinajstić information content (AvgIpc) is 2.60. The van der Waals surface area contributed by atoms with Gasteiger partial charge in [-0.15, -0.1) is 0 Å². The number of carbonyl (C=O) groups is 1. The zero-order valence-corrected chi connectivity index (χ0v) is 12.7. The van der Waals surface area contributed by atoms with Crippen LogP contribution in [0, 0.1) is 0 Å². The smallest absolute Gasteiger partial charge is 0.248 e. The van der Waals surface area contributed by atoms with Crippen molar-refractivity contribution in [2.45, 2.75) is 0 Å². The summed E-state index contributed by atoms with van der Waals surface area (Å²) in [6.45, 7) is 0. The number of nitrogens with zero attached hydrogens (tertiary/aromatic N) is 3. The molecule has 4 aromatic rings. The highest BCUT2D eigenvalue weighted by atomic mass is 35.5. The Hall–Kier alpha value is -2.85. The Morgan fingerprint density at radius 2 is 1.52 bits per heavy atom. The predicted molar refractivity (Wildman–Crippen MR) is 89.7 cm³/mol. The summed E-state index contributed by atoms with van der Waals surface area (Å²) in [5.41, 5.74) is 1.69. The number of rotatable bonds is 2. The van der Waals surface area contributed by atoms with Crippen molar-refractivity contribution in [3.63, 3.8) is 0 Å². The molecule has 0 saturated heterocycles. The number of fused-ring (bicyclic) bond motifs is 2. The van der Waals surface area contributed by atoms with Crippen LogP contribution in [-0.4, -0.2) is 20.7 Å². The Kier molecular flexibility index (Phi) is 3.24. The van der Waals surface area contributed by atoms with Gasteiger partial charge < -0.3 is 0 Å². The summed E-state index contributed by atoms with van der Waals surface area (Å²) >= 11 is 6.17. The Morgan fingerprint density at radius 1 is 0.783 bits per heavy atom. The molecule has 0 spiro atoms. The molecule has 0 amide bonds. The summed E-state index contributed by atoms with van der Waals surface area (Å²) in [7, 11) is 0. The normalized spacial score (nSPS) is 11.0. The summed E-state index contributed by atoms with van der Waals surface area (Å²) in [6.07, 6.45) is 0. The number of carbonyl (C=O) groups excluding carboxylic acids is 1. The minimum atomic E-state index is -0.344. The molecule has 0 aliphatic heterocycles. The number of pyridine rings is 1. The highest BCUT2D eigenvalue weighted by Gasteiger charge is 2.16. The van der Waals surface area contributed by atoms with Gasteiger partial charge in [-0.2, -0.15) is 0 Å². The monoisotopic (exact) mass is 319 g/mol. The molecular formula is C18H10ClN3O. The van der Waals surface area contributed by atoms with Crippen molar-refractivity contribution in [1.29, 1.82) is 0 Å². The van der Waals surface area contributed by atoms with Crippen LogP contribution in [0.25, 0.3) is 21.8 Å². The van der Waals surface area contributed by atoms with E-state index in [-0.39, 0.29) is 16.8 Å². The van der Waals surface area contributed by atoms with Gasteiger partial charge in [-0.25, -0.2) is 15.0 Å². The minimum Gasteiger partial charge on any atom is -0.283 e. The fourth-order valence-electron chi connectivity index (χ4n) is 2.45. The van der Waals surface area contributed by atoms with E-state index >= 15 is 0 Å². The molecule has 0 atom stereocenters. The van der Waals surface area contributed by atoms with Gasteiger partial charge in [0.2, 0.25) is 11.6 Å². The number of ketones is 1. The Balaban J connectivity index is 1.84. The Labute approximate surface area is 136 Å². The maximum absolute atomic E-state index is 12.6. The van der Waals surface area contributed by atoms with Crippen molar-refractivity contribution in [3.8, 4) is 0 Å². The lowest BCUT2D eigenvalue weighted by Gasteiger charge is -2.04. The molecule has 0 aliphatic carbocycles. The molecule has 0 saturated carbocycles. The van der Waals surface area contributed by atoms with Crippen molar-refractivity contribution in [2.24, 2.45) is 0 Å². The zero-order valence-electron chi connectivity index (χ0n) is 11.9. The van der Waals surface area contributed by atoms with E-state index in [2.05, 4.69) is 15.0 Å². The second kappa shape index (κ2) is 5.41. The van der Waals surface area contributed by atoms with E-state index in [1.54, 1.807) is 12.1 Å². The zero-order chi connectivity index (χ0) is 15.8. The first-order valence-corrected chi connectivity index (χ1v) is 7.43. The van der Waals surface area contributed by atoms with Gasteiger partial charge in [-0.05, 0) is 24.3 Å². The molecular weight excluding hydrogens is 310 g/mol. The highest BCUT2D eigenvalue weighted by molar-refractivity contribution is 6.34. The van der Waals surface area contributed by atoms with Crippen LogP contribution in [0.5, 0.6) is 0 Å². The molecule has 0 N–H and O–H groups in total. The average molecular weight is 320 g/mol. The second-order valence-electron chi connectivity index (χ2n) is 5.07. The largest absolute Gasteiger partial charge is 0.283 e. The first-order valence-electron chi connectivity index (χ1n) is 7.05. The van der Waals surface area contributed by atoms with E-state index in [9.17, 15) is 4.79 Å². The van der Waals surface area contributed by atoms with Gasteiger partial charge in [0, 0.05) is 10.8 Å². The minimum absolute atomic E-state index is 0.0523. The van der Waals surface area contributed by atoms with Crippen molar-refractivity contribution in [1.82, 2.24) is 15.0 Å². The fraction of sp³-hybridized carbons (Fsp3) is 0. The number of hydrogen-bond donors (Lipinski definition) is 0. The third-order valence-electron chi connectivity index (χ3n) is 3.59. The standard InChI is InChI=1S/C18H10ClN3O/c19-17-12-6-2-4-8-14(12)21-18(22-17)16(23)15-10-9-11-5-1-3-7-13(11)20-15/h1-10H. The van der Waals surface area contributed by atoms with Crippen LogP contribution >= 0.6 is 11.6 Å². The molecule has 0 aliphatic rings. The SMILES string of the molecule is O=C(c1ccc2ccccc2n1)c1nc(Cl)c2ccccc2n1. The van der Waals surface area contributed by atoms with Gasteiger partial charge >= 0.3 is 0 Å². The third kappa shape index (κ3) is 2.43. The summed E-state index contributed by atoms with van der Waals surface area (Å²) in [6, 6.07) is 18.5. The van der Waals surface area contributed by atoms with E-state index in [4.69, 9.17) is 11.6 Å². The van der Waals surface area contributed by atoms with E-state index in [0.717, 1.165) is 16.3 Å². The summed E-state index contributed by atoms with van der Waals surface area (Å²) in [4.78, 5) is 25.5. The van der Waals surface area contributed by atoms with Crippen LogP contribution < -0.4 is 0 Å². The van der Waals surface area contributed by atoms with E-state index < -0.39 is 0 Å². The topological polar surface area (TPSA) is 55.7 Å². The van der Waals surface area contributed by atoms with E-state index in [1.807, 2.05) is 48.5 Å². The van der Waals surface area contributed by atoms with Crippen LogP contribution in [-0.2, 0) is 0 Å². The fourth-order valence-corrected chi connectivity index (χ4v) is 2.69. The van der Waals surface area contributed by atoms with Crippen molar-refractivity contribution in [2.75, 3.05) is 0 Å². The molecule has 4 nitrogen and oxygen atoms in total. The number of para-hydroxylation sites is 2. The third-order valence-corrected chi connectivity index (χ3v) is 3.88. The maximum Gasteiger partial charge on any atom is 0.248 e. The lowest BCUT2D eigenvalue weighted by atomic mass is 10.1. The molecule has 5 heteroatoms. The van der Waals surface area contributed by atoms with Crippen LogP contribution in [0.15, 0.2) is 60.7 Å². The first-order chi connectivity index (χ1) is 11.2. The lowest BCUT2D eigenvalue weighted by molar-refractivity contribution is 0.102.